The van der Waals surface area contributed by atoms with Gasteiger partial charge in [0.1, 0.15) is 17.9 Å². The number of nitrogens with zero attached hydrogens (tertiary/aromatic N) is 4. The van der Waals surface area contributed by atoms with Crippen LogP contribution in [0.25, 0.3) is 5.78 Å². The Kier molecular flexibility index (Phi) is 5.11. The first kappa shape index (κ1) is 20.2. The third-order valence-corrected chi connectivity index (χ3v) is 4.19. The fraction of sp³-hybridized carbons (Fsp3) is 0.353. The van der Waals surface area contributed by atoms with Crippen LogP contribution < -0.4 is 10.1 Å². The Morgan fingerprint density at radius 2 is 1.96 bits per heavy atom. The number of halogens is 4. The van der Waals surface area contributed by atoms with Crippen LogP contribution in [0, 0.1) is 6.92 Å². The molecule has 0 aliphatic rings. The highest BCUT2D eigenvalue weighted by Crippen LogP contribution is 2.36. The molecule has 0 amide bonds. The van der Waals surface area contributed by atoms with Gasteiger partial charge in [0.05, 0.1) is 16.7 Å². The summed E-state index contributed by atoms with van der Waals surface area (Å²) in [6.45, 7) is 4.90. The highest BCUT2D eigenvalue weighted by molar-refractivity contribution is 6.32. The van der Waals surface area contributed by atoms with E-state index in [1.807, 2.05) is 0 Å². The third kappa shape index (κ3) is 4.45. The molecule has 1 aromatic carbocycles. The number of aryl methyl sites for hydroxylation is 1. The number of alkyl halides is 3. The zero-order valence-corrected chi connectivity index (χ0v) is 15.9. The van der Waals surface area contributed by atoms with Crippen molar-refractivity contribution in [2.75, 3.05) is 5.32 Å². The average molecular weight is 416 g/mol. The van der Waals surface area contributed by atoms with E-state index in [-0.39, 0.29) is 5.02 Å². The van der Waals surface area contributed by atoms with Gasteiger partial charge in [-0.25, -0.2) is 4.98 Å². The van der Waals surface area contributed by atoms with E-state index in [2.05, 4.69) is 25.1 Å². The van der Waals surface area contributed by atoms with Gasteiger partial charge in [-0.3, -0.25) is 0 Å². The molecule has 3 aromatic rings. The number of hydrogen-bond acceptors (Lipinski definition) is 6. The summed E-state index contributed by atoms with van der Waals surface area (Å²) in [5.41, 5.74) is -0.181. The highest BCUT2D eigenvalue weighted by Gasteiger charge is 2.33. The van der Waals surface area contributed by atoms with Crippen LogP contribution in [0.3, 0.4) is 0 Å². The second kappa shape index (κ2) is 7.10. The van der Waals surface area contributed by atoms with Crippen molar-refractivity contribution in [1.82, 2.24) is 19.6 Å². The second-order valence-electron chi connectivity index (χ2n) is 6.72. The predicted octanol–water partition coefficient (Wildman–Crippen LogP) is 3.91. The van der Waals surface area contributed by atoms with Gasteiger partial charge in [-0.05, 0) is 38.5 Å². The molecule has 7 nitrogen and oxygen atoms in total. The normalized spacial score (nSPS) is 13.6. The van der Waals surface area contributed by atoms with Gasteiger partial charge in [0.15, 0.2) is 0 Å². The second-order valence-corrected chi connectivity index (χ2v) is 7.13. The maximum absolute atomic E-state index is 12.5. The summed E-state index contributed by atoms with van der Waals surface area (Å²) in [5.74, 6) is 0.341. The fourth-order valence-electron chi connectivity index (χ4n) is 2.75. The molecule has 2 aromatic heterocycles. The van der Waals surface area contributed by atoms with E-state index in [4.69, 9.17) is 11.6 Å². The molecule has 28 heavy (non-hydrogen) atoms. The molecule has 2 N–H and O–H groups in total. The van der Waals surface area contributed by atoms with Crippen LogP contribution >= 0.6 is 11.6 Å². The molecule has 0 fully saturated rings. The van der Waals surface area contributed by atoms with Gasteiger partial charge in [-0.2, -0.15) is 14.6 Å². The molecule has 0 aliphatic carbocycles. The molecule has 2 heterocycles. The number of fused-ring (bicyclic) bond motifs is 1. The molecule has 0 aliphatic heterocycles. The molecule has 0 spiro atoms. The number of rotatable bonds is 5. The fourth-order valence-corrected chi connectivity index (χ4v) is 2.98. The van der Waals surface area contributed by atoms with Crippen LogP contribution in [0.1, 0.15) is 31.1 Å². The molecule has 150 valence electrons. The van der Waals surface area contributed by atoms with E-state index in [0.717, 1.165) is 6.07 Å². The Morgan fingerprint density at radius 3 is 2.57 bits per heavy atom. The van der Waals surface area contributed by atoms with Crippen molar-refractivity contribution in [3.63, 3.8) is 0 Å². The summed E-state index contributed by atoms with van der Waals surface area (Å²) < 4.78 is 42.7. The van der Waals surface area contributed by atoms with E-state index in [0.29, 0.717) is 22.9 Å². The summed E-state index contributed by atoms with van der Waals surface area (Å²) in [4.78, 5) is 8.28. The number of aliphatic hydroxyl groups is 1. The lowest BCUT2D eigenvalue weighted by Crippen LogP contribution is -2.35. The first-order valence-electron chi connectivity index (χ1n) is 8.15. The minimum atomic E-state index is -4.85. The van der Waals surface area contributed by atoms with Crippen molar-refractivity contribution in [1.29, 1.82) is 0 Å². The number of nitrogens with one attached hydrogen (secondary N) is 1. The van der Waals surface area contributed by atoms with Crippen molar-refractivity contribution in [2.45, 2.75) is 38.8 Å². The summed E-state index contributed by atoms with van der Waals surface area (Å²) in [6, 6.07) is 4.79. The number of aromatic nitrogens is 4. The van der Waals surface area contributed by atoms with Crippen LogP contribution in [0.4, 0.5) is 19.0 Å². The van der Waals surface area contributed by atoms with Gasteiger partial charge in [-0.1, -0.05) is 17.7 Å². The van der Waals surface area contributed by atoms with Gasteiger partial charge in [0, 0.05) is 11.8 Å². The topological polar surface area (TPSA) is 84.6 Å². The third-order valence-electron chi connectivity index (χ3n) is 3.89. The van der Waals surface area contributed by atoms with Crippen LogP contribution in [0.2, 0.25) is 5.02 Å². The Bertz CT molecular complexity index is 1000. The molecule has 1 unspecified atom stereocenters. The minimum absolute atomic E-state index is 0.234. The van der Waals surface area contributed by atoms with Crippen molar-refractivity contribution < 1.29 is 23.0 Å². The smallest absolute Gasteiger partial charge is 0.404 e. The van der Waals surface area contributed by atoms with Gasteiger partial charge in [-0.15, -0.1) is 13.2 Å². The Labute approximate surface area is 163 Å². The number of ether oxygens (including phenoxy) is 1. The maximum atomic E-state index is 12.5. The Hall–Kier alpha value is -2.59. The van der Waals surface area contributed by atoms with E-state index in [1.54, 1.807) is 26.8 Å². The summed E-state index contributed by atoms with van der Waals surface area (Å²) in [5, 5.41) is 17.7. The van der Waals surface area contributed by atoms with E-state index < -0.39 is 23.8 Å². The van der Waals surface area contributed by atoms with Crippen molar-refractivity contribution in [2.24, 2.45) is 0 Å². The van der Waals surface area contributed by atoms with Crippen LogP contribution in [-0.4, -0.2) is 36.7 Å². The van der Waals surface area contributed by atoms with Crippen LogP contribution in [-0.2, 0) is 0 Å². The summed E-state index contributed by atoms with van der Waals surface area (Å²) in [7, 11) is 0. The lowest BCUT2D eigenvalue weighted by molar-refractivity contribution is -0.274. The summed E-state index contributed by atoms with van der Waals surface area (Å²) in [6.07, 6.45) is -3.52. The molecule has 3 rings (SSSR count). The largest absolute Gasteiger partial charge is 0.573 e. The van der Waals surface area contributed by atoms with E-state index >= 15 is 0 Å². The van der Waals surface area contributed by atoms with Gasteiger partial charge >= 0.3 is 6.36 Å². The Balaban J connectivity index is 1.99. The molecule has 1 atom stereocenters. The summed E-state index contributed by atoms with van der Waals surface area (Å²) >= 11 is 5.96. The van der Waals surface area contributed by atoms with Crippen LogP contribution in [0.15, 0.2) is 30.6 Å². The molecule has 11 heteroatoms. The predicted molar refractivity (Wildman–Crippen MR) is 96.3 cm³/mol. The molecular weight excluding hydrogens is 399 g/mol. The first-order valence-corrected chi connectivity index (χ1v) is 8.53. The first-order chi connectivity index (χ1) is 12.9. The molecule has 0 bridgehead atoms. The SMILES string of the molecule is Cc1cc(NC(c2ccc(OC(F)(F)F)c(Cl)c2)C(C)(C)O)n2ncnc2n1. The average Bonchev–Trinajstić information content (AvgIpc) is 3.00. The van der Waals surface area contributed by atoms with Gasteiger partial charge in [0.2, 0.25) is 0 Å². The van der Waals surface area contributed by atoms with Gasteiger partial charge in [0.25, 0.3) is 5.78 Å². The van der Waals surface area contributed by atoms with E-state index in [1.165, 1.54) is 23.0 Å². The zero-order valence-electron chi connectivity index (χ0n) is 15.1. The number of hydrogen-bond donors (Lipinski definition) is 2. The monoisotopic (exact) mass is 415 g/mol. The Morgan fingerprint density at radius 1 is 1.25 bits per heavy atom. The van der Waals surface area contributed by atoms with E-state index in [9.17, 15) is 18.3 Å². The number of benzene rings is 1. The van der Waals surface area contributed by atoms with Crippen LogP contribution in [0.5, 0.6) is 5.75 Å². The quantitative estimate of drug-likeness (QED) is 0.657. The highest BCUT2D eigenvalue weighted by atomic mass is 35.5. The zero-order chi connectivity index (χ0) is 20.7. The molecule has 0 radical (unpaired) electrons. The van der Waals surface area contributed by atoms with Gasteiger partial charge < -0.3 is 15.2 Å². The molecule has 0 saturated carbocycles. The van der Waals surface area contributed by atoms with Crippen molar-refractivity contribution in [3.05, 3.63) is 46.9 Å². The maximum Gasteiger partial charge on any atom is 0.573 e. The van der Waals surface area contributed by atoms with Crippen molar-refractivity contribution >= 4 is 23.2 Å². The van der Waals surface area contributed by atoms with Crippen molar-refractivity contribution in [3.8, 4) is 5.75 Å². The minimum Gasteiger partial charge on any atom is -0.404 e. The molecule has 0 saturated heterocycles. The standard InChI is InChI=1S/C17H17ClF3N5O2/c1-9-6-13(26-15(24-9)22-8-23-26)25-14(16(2,3)27)10-4-5-12(11(18)7-10)28-17(19,20)21/h4-8,14,25,27H,1-3H3. The number of anilines is 1. The lowest BCUT2D eigenvalue weighted by Gasteiger charge is -2.31. The molecular formula is C17H17ClF3N5O2. The lowest BCUT2D eigenvalue weighted by atomic mass is 9.91.